The Labute approximate surface area is 255 Å². The molecule has 2 N–H and O–H groups in total. The maximum atomic E-state index is 13.8. The number of nitrogens with one attached hydrogen (secondary N) is 1. The molecule has 2 aromatic carbocycles. The predicted molar refractivity (Wildman–Crippen MR) is 159 cm³/mol. The number of carbonyl (C=O) groups excluding carboxylic acids is 3. The molecule has 2 aliphatic rings. The van der Waals surface area contributed by atoms with Crippen LogP contribution in [0.5, 0.6) is 5.88 Å². The molecule has 1 saturated carbocycles. The first kappa shape index (κ1) is 30.5. The molecule has 1 aliphatic carbocycles. The van der Waals surface area contributed by atoms with Crippen LogP contribution in [0.25, 0.3) is 11.4 Å². The van der Waals surface area contributed by atoms with E-state index in [2.05, 4.69) is 15.3 Å². The summed E-state index contributed by atoms with van der Waals surface area (Å²) in [7, 11) is 1.30. The SMILES string of the molecule is COC(=O)c1ccc(CC(NC(=O)c2cc(OC3CCCC3)nc(-c3ccccc3)n2)C(=O)N2CCN(C(=O)O)CC2)cc1. The van der Waals surface area contributed by atoms with Crippen molar-refractivity contribution < 1.29 is 33.8 Å². The number of rotatable bonds is 9. The molecule has 230 valence electrons. The number of hydrogen-bond donors (Lipinski definition) is 2. The first-order chi connectivity index (χ1) is 21.3. The van der Waals surface area contributed by atoms with E-state index in [1.54, 1.807) is 29.2 Å². The van der Waals surface area contributed by atoms with Gasteiger partial charge in [-0.1, -0.05) is 42.5 Å². The minimum absolute atomic E-state index is 0.0104. The number of aromatic nitrogens is 2. The first-order valence-corrected chi connectivity index (χ1v) is 14.7. The normalized spacial score (nSPS) is 15.8. The molecule has 1 saturated heterocycles. The highest BCUT2D eigenvalue weighted by Gasteiger charge is 2.31. The van der Waals surface area contributed by atoms with Crippen LogP contribution >= 0.6 is 0 Å². The Kier molecular flexibility index (Phi) is 9.68. The summed E-state index contributed by atoms with van der Waals surface area (Å²) in [5, 5.41) is 12.2. The van der Waals surface area contributed by atoms with Gasteiger partial charge < -0.3 is 29.7 Å². The monoisotopic (exact) mass is 601 g/mol. The van der Waals surface area contributed by atoms with Crippen molar-refractivity contribution in [3.63, 3.8) is 0 Å². The van der Waals surface area contributed by atoms with Gasteiger partial charge in [0.1, 0.15) is 17.8 Å². The standard InChI is InChI=1S/C32H35N5O7/c1-43-31(40)23-13-11-21(12-14-23)19-26(30(39)36-15-17-37(18-16-36)32(41)42)34-29(38)25-20-27(44-24-9-5-6-10-24)35-28(33-25)22-7-3-2-4-8-22/h2-4,7-8,11-14,20,24,26H,5-6,9-10,15-19H2,1H3,(H,34,38)(H,41,42). The average Bonchev–Trinajstić information content (AvgIpc) is 3.57. The molecule has 12 heteroatoms. The van der Waals surface area contributed by atoms with E-state index in [-0.39, 0.29) is 50.3 Å². The fourth-order valence-electron chi connectivity index (χ4n) is 5.40. The largest absolute Gasteiger partial charge is 0.474 e. The summed E-state index contributed by atoms with van der Waals surface area (Å²) in [5.41, 5.74) is 1.84. The van der Waals surface area contributed by atoms with E-state index < -0.39 is 24.0 Å². The lowest BCUT2D eigenvalue weighted by molar-refractivity contribution is -0.134. The second-order valence-corrected chi connectivity index (χ2v) is 10.8. The lowest BCUT2D eigenvalue weighted by atomic mass is 10.0. The molecule has 3 aromatic rings. The molecule has 2 heterocycles. The van der Waals surface area contributed by atoms with Gasteiger partial charge in [-0.15, -0.1) is 0 Å². The summed E-state index contributed by atoms with van der Waals surface area (Å²) in [6.07, 6.45) is 3.06. The molecule has 0 radical (unpaired) electrons. The zero-order valence-corrected chi connectivity index (χ0v) is 24.5. The number of carboxylic acid groups (broad SMARTS) is 1. The molecule has 1 aromatic heterocycles. The second kappa shape index (κ2) is 14.0. The Bertz CT molecular complexity index is 1480. The maximum Gasteiger partial charge on any atom is 0.407 e. The van der Waals surface area contributed by atoms with Crippen LogP contribution < -0.4 is 10.1 Å². The minimum Gasteiger partial charge on any atom is -0.474 e. The third kappa shape index (κ3) is 7.49. The molecule has 1 atom stereocenters. The van der Waals surface area contributed by atoms with Gasteiger partial charge in [-0.05, 0) is 43.4 Å². The third-order valence-electron chi connectivity index (χ3n) is 7.84. The number of nitrogens with zero attached hydrogens (tertiary/aromatic N) is 4. The van der Waals surface area contributed by atoms with Crippen LogP contribution in [0.4, 0.5) is 4.79 Å². The van der Waals surface area contributed by atoms with E-state index in [0.717, 1.165) is 25.7 Å². The summed E-state index contributed by atoms with van der Waals surface area (Å²) in [4.78, 5) is 62.7. The molecule has 5 rings (SSSR count). The fraction of sp³-hybridized carbons (Fsp3) is 0.375. The van der Waals surface area contributed by atoms with Gasteiger partial charge >= 0.3 is 12.1 Å². The van der Waals surface area contributed by atoms with Gasteiger partial charge in [0.15, 0.2) is 5.82 Å². The zero-order chi connectivity index (χ0) is 31.1. The highest BCUT2D eigenvalue weighted by molar-refractivity contribution is 5.97. The summed E-state index contributed by atoms with van der Waals surface area (Å²) >= 11 is 0. The van der Waals surface area contributed by atoms with Crippen molar-refractivity contribution in [3.8, 4) is 17.3 Å². The van der Waals surface area contributed by atoms with Gasteiger partial charge in [0.05, 0.1) is 12.7 Å². The van der Waals surface area contributed by atoms with E-state index in [1.807, 2.05) is 30.3 Å². The Morgan fingerprint density at radius 3 is 2.23 bits per heavy atom. The van der Waals surface area contributed by atoms with E-state index in [0.29, 0.717) is 28.4 Å². The van der Waals surface area contributed by atoms with Crippen molar-refractivity contribution in [2.45, 2.75) is 44.2 Å². The number of amides is 3. The number of esters is 1. The van der Waals surface area contributed by atoms with Gasteiger partial charge in [-0.3, -0.25) is 9.59 Å². The smallest absolute Gasteiger partial charge is 0.407 e. The Balaban J connectivity index is 1.41. The van der Waals surface area contributed by atoms with Crippen LogP contribution in [0.2, 0.25) is 0 Å². The highest BCUT2D eigenvalue weighted by Crippen LogP contribution is 2.25. The van der Waals surface area contributed by atoms with E-state index >= 15 is 0 Å². The van der Waals surface area contributed by atoms with Gasteiger partial charge in [0.25, 0.3) is 5.91 Å². The molecular weight excluding hydrogens is 566 g/mol. The minimum atomic E-state index is -1.04. The van der Waals surface area contributed by atoms with Gasteiger partial charge in [-0.25, -0.2) is 14.6 Å². The maximum absolute atomic E-state index is 13.8. The number of hydrogen-bond acceptors (Lipinski definition) is 8. The molecule has 44 heavy (non-hydrogen) atoms. The molecule has 0 spiro atoms. The van der Waals surface area contributed by atoms with Crippen LogP contribution in [0.15, 0.2) is 60.7 Å². The number of benzene rings is 2. The van der Waals surface area contributed by atoms with Crippen LogP contribution in [0, 0.1) is 0 Å². The van der Waals surface area contributed by atoms with Gasteiger partial charge in [0.2, 0.25) is 11.8 Å². The Hall–Kier alpha value is -5.00. The topological polar surface area (TPSA) is 151 Å². The molecular formula is C32H35N5O7. The second-order valence-electron chi connectivity index (χ2n) is 10.8. The molecule has 1 unspecified atom stereocenters. The molecule has 3 amide bonds. The van der Waals surface area contributed by atoms with E-state index in [9.17, 15) is 24.3 Å². The number of carbonyl (C=O) groups is 4. The summed E-state index contributed by atoms with van der Waals surface area (Å²) in [6.45, 7) is 0.737. The van der Waals surface area contributed by atoms with Crippen LogP contribution in [0.1, 0.15) is 52.1 Å². The third-order valence-corrected chi connectivity index (χ3v) is 7.84. The quantitative estimate of drug-likeness (QED) is 0.352. The predicted octanol–water partition coefficient (Wildman–Crippen LogP) is 3.41. The highest BCUT2D eigenvalue weighted by atomic mass is 16.5. The van der Waals surface area contributed by atoms with E-state index in [1.165, 1.54) is 18.1 Å². The summed E-state index contributed by atoms with van der Waals surface area (Å²) < 4.78 is 10.9. The van der Waals surface area contributed by atoms with Crippen molar-refractivity contribution in [1.29, 1.82) is 0 Å². The average molecular weight is 602 g/mol. The van der Waals surface area contributed by atoms with Crippen LogP contribution in [0.3, 0.4) is 0 Å². The van der Waals surface area contributed by atoms with E-state index in [4.69, 9.17) is 9.47 Å². The van der Waals surface area contributed by atoms with Crippen molar-refractivity contribution in [2.24, 2.45) is 0 Å². The molecule has 12 nitrogen and oxygen atoms in total. The summed E-state index contributed by atoms with van der Waals surface area (Å²) in [5.74, 6) is -0.781. The lowest BCUT2D eigenvalue weighted by Crippen LogP contribution is -2.56. The zero-order valence-electron chi connectivity index (χ0n) is 24.5. The van der Waals surface area contributed by atoms with Crippen molar-refractivity contribution in [1.82, 2.24) is 25.1 Å². The molecule has 1 aliphatic heterocycles. The van der Waals surface area contributed by atoms with Crippen LogP contribution in [-0.4, -0.2) is 94.2 Å². The van der Waals surface area contributed by atoms with Gasteiger partial charge in [0, 0.05) is 44.2 Å². The Morgan fingerprint density at radius 1 is 0.932 bits per heavy atom. The lowest BCUT2D eigenvalue weighted by Gasteiger charge is -2.35. The summed E-state index contributed by atoms with van der Waals surface area (Å²) in [6, 6.07) is 16.4. The van der Waals surface area contributed by atoms with Crippen molar-refractivity contribution in [3.05, 3.63) is 77.5 Å². The molecule has 0 bridgehead atoms. The fourth-order valence-corrected chi connectivity index (χ4v) is 5.40. The number of ether oxygens (including phenoxy) is 2. The number of methoxy groups -OCH3 is 1. The van der Waals surface area contributed by atoms with Crippen molar-refractivity contribution in [2.75, 3.05) is 33.3 Å². The molecule has 2 fully saturated rings. The van der Waals surface area contributed by atoms with Gasteiger partial charge in [-0.2, -0.15) is 4.98 Å². The van der Waals surface area contributed by atoms with Crippen LogP contribution in [-0.2, 0) is 16.0 Å². The number of piperazine rings is 1. The Morgan fingerprint density at radius 2 is 1.59 bits per heavy atom. The first-order valence-electron chi connectivity index (χ1n) is 14.7. The van der Waals surface area contributed by atoms with Crippen molar-refractivity contribution >= 4 is 23.9 Å².